The summed E-state index contributed by atoms with van der Waals surface area (Å²) in [5.74, 6) is 1.40. The van der Waals surface area contributed by atoms with Crippen molar-refractivity contribution in [3.8, 4) is 33.6 Å². The number of amides is 4. The molecule has 15 nitrogen and oxygen atoms in total. The van der Waals surface area contributed by atoms with E-state index in [9.17, 15) is 24.3 Å². The molecule has 2 saturated carbocycles. The number of halogens is 2. The molecule has 2 aromatic heterocycles. The molecule has 8 atom stereocenters. The normalized spacial score (nSPS) is 24.4. The minimum atomic E-state index is -1.12. The van der Waals surface area contributed by atoms with E-state index in [1.165, 1.54) is 19.1 Å². The van der Waals surface area contributed by atoms with Crippen LogP contribution in [0.1, 0.15) is 76.1 Å². The number of likely N-dealkylation sites (tertiary alicyclic amines) is 2. The molecule has 5 fully saturated rings. The third kappa shape index (κ3) is 7.99. The third-order valence-electron chi connectivity index (χ3n) is 14.4. The number of fused-ring (bicyclic) bond motifs is 3. The van der Waals surface area contributed by atoms with Crippen LogP contribution in [0.15, 0.2) is 60.7 Å². The van der Waals surface area contributed by atoms with Crippen LogP contribution in [0, 0.1) is 23.7 Å². The van der Waals surface area contributed by atoms with Gasteiger partial charge in [0.2, 0.25) is 11.8 Å². The van der Waals surface area contributed by atoms with Gasteiger partial charge in [0.05, 0.1) is 19.2 Å². The van der Waals surface area contributed by atoms with Crippen molar-refractivity contribution in [3.05, 3.63) is 82.6 Å². The van der Waals surface area contributed by atoms with Crippen molar-refractivity contribution < 1.29 is 33.8 Å². The Morgan fingerprint density at radius 1 is 0.769 bits per heavy atom. The molecule has 0 bridgehead atoms. The molecule has 5 aliphatic rings. The van der Waals surface area contributed by atoms with Crippen LogP contribution in [0.2, 0.25) is 10.3 Å². The van der Waals surface area contributed by atoms with Gasteiger partial charge < -0.3 is 39.7 Å². The number of hydrogen-bond acceptors (Lipinski definition) is 8. The molecule has 0 radical (unpaired) electrons. The van der Waals surface area contributed by atoms with Crippen molar-refractivity contribution in [2.75, 3.05) is 27.4 Å². The van der Waals surface area contributed by atoms with Gasteiger partial charge in [-0.25, -0.2) is 19.6 Å². The van der Waals surface area contributed by atoms with Gasteiger partial charge in [-0.15, -0.1) is 0 Å². The number of alkyl carbamates (subject to hydrolysis) is 1. The molecule has 2 aliphatic carbocycles. The first-order valence-corrected chi connectivity index (χ1v) is 23.2. The summed E-state index contributed by atoms with van der Waals surface area (Å²) in [6.07, 6.45) is 2.85. The van der Waals surface area contributed by atoms with Crippen molar-refractivity contribution in [2.24, 2.45) is 23.7 Å². The van der Waals surface area contributed by atoms with Crippen molar-refractivity contribution in [2.45, 2.75) is 88.6 Å². The van der Waals surface area contributed by atoms with Gasteiger partial charge in [0, 0.05) is 43.5 Å². The SMILES string of the molecule is COC(=O)N[C@H](C(=O)N1[C@@H]2C[C@H]2C[C@H]1c1nc(-c2ccc(-c3ccc4cc(-c5nc([C@@H]6C[C@H]7C[C@H]7N6C(=O)[C@H](C6CCOCC6)N(C)C(=O)O)[nH]c5Cl)ccc4c3)cc2)c(Cl)[nH]1)C(C)C. The summed E-state index contributed by atoms with van der Waals surface area (Å²) in [4.78, 5) is 73.9. The molecule has 340 valence electrons. The van der Waals surface area contributed by atoms with Crippen LogP contribution in [-0.2, 0) is 19.1 Å². The number of H-pyrrole nitrogens is 2. The highest BCUT2D eigenvalue weighted by molar-refractivity contribution is 6.32. The van der Waals surface area contributed by atoms with E-state index in [0.29, 0.717) is 71.2 Å². The summed E-state index contributed by atoms with van der Waals surface area (Å²) in [5, 5.41) is 15.5. The number of carbonyl (C=O) groups excluding carboxylic acids is 3. The zero-order chi connectivity index (χ0) is 45.4. The predicted molar refractivity (Wildman–Crippen MR) is 244 cm³/mol. The highest BCUT2D eigenvalue weighted by Gasteiger charge is 2.58. The zero-order valence-electron chi connectivity index (χ0n) is 36.6. The first-order chi connectivity index (χ1) is 31.3. The van der Waals surface area contributed by atoms with Crippen LogP contribution < -0.4 is 5.32 Å². The minimum absolute atomic E-state index is 0.0614. The van der Waals surface area contributed by atoms with Crippen LogP contribution in [0.5, 0.6) is 0 Å². The third-order valence-corrected chi connectivity index (χ3v) is 14.9. The van der Waals surface area contributed by atoms with Gasteiger partial charge >= 0.3 is 12.2 Å². The lowest BCUT2D eigenvalue weighted by Gasteiger charge is -2.38. The maximum Gasteiger partial charge on any atom is 0.407 e. The number of likely N-dealkylation sites (N-methyl/N-ethyl adjacent to an activating group) is 1. The van der Waals surface area contributed by atoms with Crippen molar-refractivity contribution >= 4 is 58.0 Å². The van der Waals surface area contributed by atoms with Gasteiger partial charge in [0.15, 0.2) is 0 Å². The van der Waals surface area contributed by atoms with Gasteiger partial charge in [-0.3, -0.25) is 14.5 Å². The number of imidazole rings is 2. The number of hydrogen-bond donors (Lipinski definition) is 4. The molecule has 17 heteroatoms. The Morgan fingerprint density at radius 3 is 1.83 bits per heavy atom. The molecule has 10 rings (SSSR count). The maximum atomic E-state index is 14.4. The Bertz CT molecular complexity index is 2680. The number of piperidine rings is 2. The van der Waals surface area contributed by atoms with E-state index in [1.807, 2.05) is 54.0 Å². The number of ether oxygens (including phenoxy) is 2. The van der Waals surface area contributed by atoms with Crippen molar-refractivity contribution in [1.29, 1.82) is 0 Å². The zero-order valence-corrected chi connectivity index (χ0v) is 38.1. The maximum absolute atomic E-state index is 14.4. The van der Waals surface area contributed by atoms with E-state index < -0.39 is 24.3 Å². The molecule has 4 amide bonds. The average Bonchev–Trinajstić information content (AvgIpc) is 4.01. The second kappa shape index (κ2) is 17.0. The number of aromatic nitrogens is 4. The number of benzene rings is 3. The lowest BCUT2D eigenvalue weighted by atomic mass is 9.89. The molecule has 3 aromatic carbocycles. The van der Waals surface area contributed by atoms with Gasteiger partial charge in [0.1, 0.15) is 45.4 Å². The topological polar surface area (TPSA) is 186 Å². The number of carboxylic acid groups (broad SMARTS) is 1. The van der Waals surface area contributed by atoms with Gasteiger partial charge in [-0.2, -0.15) is 0 Å². The van der Waals surface area contributed by atoms with Gasteiger partial charge in [-0.1, -0.05) is 85.6 Å². The average molecular weight is 924 g/mol. The van der Waals surface area contributed by atoms with E-state index in [-0.39, 0.29) is 47.8 Å². The molecular formula is C48H52Cl2N8O7. The Kier molecular flexibility index (Phi) is 11.3. The summed E-state index contributed by atoms with van der Waals surface area (Å²) in [5.41, 5.74) is 4.92. The lowest BCUT2D eigenvalue weighted by molar-refractivity contribution is -0.141. The van der Waals surface area contributed by atoms with E-state index in [4.69, 9.17) is 42.6 Å². The van der Waals surface area contributed by atoms with Crippen LogP contribution >= 0.6 is 23.2 Å². The smallest absolute Gasteiger partial charge is 0.407 e. The fourth-order valence-corrected chi connectivity index (χ4v) is 11.2. The van der Waals surface area contributed by atoms with Crippen LogP contribution in [0.3, 0.4) is 0 Å². The molecule has 0 unspecified atom stereocenters. The number of nitrogens with zero attached hydrogens (tertiary/aromatic N) is 5. The minimum Gasteiger partial charge on any atom is -0.465 e. The van der Waals surface area contributed by atoms with Gasteiger partial charge in [-0.05, 0) is 96.2 Å². The Hall–Kier alpha value is -5.64. The monoisotopic (exact) mass is 922 g/mol. The number of rotatable bonds is 11. The summed E-state index contributed by atoms with van der Waals surface area (Å²) >= 11 is 13.7. The lowest BCUT2D eigenvalue weighted by Crippen LogP contribution is -2.54. The van der Waals surface area contributed by atoms with Crippen LogP contribution in [-0.4, -0.2) is 115 Å². The van der Waals surface area contributed by atoms with E-state index >= 15 is 0 Å². The van der Waals surface area contributed by atoms with Gasteiger partial charge in [0.25, 0.3) is 0 Å². The fraction of sp³-hybridized carbons (Fsp3) is 0.458. The summed E-state index contributed by atoms with van der Waals surface area (Å²) in [6, 6.07) is 18.5. The Labute approximate surface area is 386 Å². The predicted octanol–water partition coefficient (Wildman–Crippen LogP) is 8.70. The molecule has 3 aliphatic heterocycles. The summed E-state index contributed by atoms with van der Waals surface area (Å²) in [7, 11) is 2.77. The number of nitrogens with one attached hydrogen (secondary N) is 3. The number of methoxy groups -OCH3 is 1. The summed E-state index contributed by atoms with van der Waals surface area (Å²) < 4.78 is 10.3. The van der Waals surface area contributed by atoms with E-state index in [0.717, 1.165) is 58.7 Å². The second-order valence-electron chi connectivity index (χ2n) is 18.7. The Morgan fingerprint density at radius 2 is 1.28 bits per heavy atom. The highest BCUT2D eigenvalue weighted by atomic mass is 35.5. The quantitative estimate of drug-likeness (QED) is 0.101. The first-order valence-electron chi connectivity index (χ1n) is 22.5. The highest BCUT2D eigenvalue weighted by Crippen LogP contribution is 2.55. The molecule has 4 N–H and O–H groups in total. The van der Waals surface area contributed by atoms with Crippen LogP contribution in [0.25, 0.3) is 44.4 Å². The summed E-state index contributed by atoms with van der Waals surface area (Å²) in [6.45, 7) is 4.81. The molecule has 3 saturated heterocycles. The Balaban J connectivity index is 0.848. The molecule has 0 spiro atoms. The molecule has 65 heavy (non-hydrogen) atoms. The van der Waals surface area contributed by atoms with Crippen LogP contribution in [0.4, 0.5) is 9.59 Å². The van der Waals surface area contributed by atoms with E-state index in [1.54, 1.807) is 0 Å². The first kappa shape index (κ1) is 43.3. The molecular weight excluding hydrogens is 871 g/mol. The second-order valence-corrected chi connectivity index (χ2v) is 19.4. The fourth-order valence-electron chi connectivity index (χ4n) is 10.7. The number of aromatic amines is 2. The molecule has 5 aromatic rings. The largest absolute Gasteiger partial charge is 0.465 e. The van der Waals surface area contributed by atoms with Crippen molar-refractivity contribution in [1.82, 2.24) is 40.0 Å². The number of carbonyl (C=O) groups is 4. The van der Waals surface area contributed by atoms with Crippen molar-refractivity contribution in [3.63, 3.8) is 0 Å². The standard InChI is InChI=1S/C48H52Cl2N8O7/c1-23(2)37(53-47(61)64-4)45(59)57-33-19-31(33)21-35(57)43-51-38(41(49)54-43)25-7-5-24(6-8-25)27-9-10-29-18-30(12-11-28(29)17-27)39-42(50)55-44(52-39)36-22-32-20-34(32)58(36)46(60)40(56(3)48(62)63)26-13-15-65-16-14-26/h5-12,17-18,23,26,31-37,40H,13-16,19-22H2,1-4H3,(H,51,54)(H,52,55)(H,53,61)(H,62,63)/t31-,32+,33+,34+,35-,36-,37-,40-/m0/s1. The molecule has 5 heterocycles. The van der Waals surface area contributed by atoms with E-state index in [2.05, 4.69) is 45.6 Å².